The highest BCUT2D eigenvalue weighted by molar-refractivity contribution is 5.63. The quantitative estimate of drug-likeness (QED) is 0.937. The van der Waals surface area contributed by atoms with Crippen molar-refractivity contribution >= 4 is 5.69 Å². The van der Waals surface area contributed by atoms with Crippen LogP contribution in [0, 0.1) is 0 Å². The molecule has 5 nitrogen and oxygen atoms in total. The second-order valence-electron chi connectivity index (χ2n) is 5.17. The minimum atomic E-state index is -0.0794. The molecule has 2 heterocycles. The van der Waals surface area contributed by atoms with Gasteiger partial charge in [-0.05, 0) is 31.2 Å². The summed E-state index contributed by atoms with van der Waals surface area (Å²) in [5.74, 6) is 3.05. The third-order valence-corrected chi connectivity index (χ3v) is 3.53. The standard InChI is InChI=1S/C16H19NO4/c1-11-8-17(9-13-3-4-14(10-18)21-13)15-7-12(19-2)5-6-16(15)20-11/h3-7,11,18H,8-10H2,1-2H3/t11-/m0/s1. The second-order valence-corrected chi connectivity index (χ2v) is 5.17. The molecule has 1 N–H and O–H groups in total. The van der Waals surface area contributed by atoms with E-state index in [0.717, 1.165) is 29.5 Å². The lowest BCUT2D eigenvalue weighted by Crippen LogP contribution is -2.37. The number of hydrogen-bond acceptors (Lipinski definition) is 5. The number of hydrogen-bond donors (Lipinski definition) is 1. The summed E-state index contributed by atoms with van der Waals surface area (Å²) in [6.07, 6.45) is 0.109. The van der Waals surface area contributed by atoms with E-state index in [4.69, 9.17) is 19.0 Å². The molecule has 112 valence electrons. The number of furan rings is 1. The summed E-state index contributed by atoms with van der Waals surface area (Å²) in [6, 6.07) is 9.48. The summed E-state index contributed by atoms with van der Waals surface area (Å²) in [5, 5.41) is 9.08. The van der Waals surface area contributed by atoms with Crippen molar-refractivity contribution in [2.24, 2.45) is 0 Å². The first-order valence-electron chi connectivity index (χ1n) is 6.97. The minimum Gasteiger partial charge on any atom is -0.497 e. The van der Waals surface area contributed by atoms with Gasteiger partial charge in [0.2, 0.25) is 0 Å². The van der Waals surface area contributed by atoms with Crippen LogP contribution in [0.25, 0.3) is 0 Å². The Balaban J connectivity index is 1.88. The Morgan fingerprint density at radius 3 is 2.81 bits per heavy atom. The molecule has 2 aromatic rings. The van der Waals surface area contributed by atoms with Crippen LogP contribution in [0.4, 0.5) is 5.69 Å². The predicted octanol–water partition coefficient (Wildman–Crippen LogP) is 2.57. The zero-order chi connectivity index (χ0) is 14.8. The molecule has 5 heteroatoms. The number of aliphatic hydroxyl groups is 1. The van der Waals surface area contributed by atoms with E-state index in [2.05, 4.69) is 4.90 Å². The van der Waals surface area contributed by atoms with Crippen molar-refractivity contribution in [2.75, 3.05) is 18.6 Å². The number of anilines is 1. The van der Waals surface area contributed by atoms with Gasteiger partial charge in [-0.3, -0.25) is 0 Å². The molecular formula is C16H19NO4. The lowest BCUT2D eigenvalue weighted by Gasteiger charge is -2.34. The van der Waals surface area contributed by atoms with Gasteiger partial charge in [0.1, 0.15) is 35.7 Å². The molecule has 1 aromatic carbocycles. The Labute approximate surface area is 123 Å². The summed E-state index contributed by atoms with van der Waals surface area (Å²) >= 11 is 0. The van der Waals surface area contributed by atoms with E-state index in [0.29, 0.717) is 12.3 Å². The van der Waals surface area contributed by atoms with Crippen LogP contribution < -0.4 is 14.4 Å². The van der Waals surface area contributed by atoms with Gasteiger partial charge >= 0.3 is 0 Å². The van der Waals surface area contributed by atoms with E-state index in [9.17, 15) is 0 Å². The van der Waals surface area contributed by atoms with Gasteiger partial charge < -0.3 is 23.9 Å². The summed E-state index contributed by atoms with van der Waals surface area (Å²) in [5.41, 5.74) is 0.995. The van der Waals surface area contributed by atoms with Gasteiger partial charge in [-0.1, -0.05) is 0 Å². The Bertz CT molecular complexity index is 622. The van der Waals surface area contributed by atoms with Crippen LogP contribution in [0.2, 0.25) is 0 Å². The summed E-state index contributed by atoms with van der Waals surface area (Å²) in [7, 11) is 1.65. The summed E-state index contributed by atoms with van der Waals surface area (Å²) in [4.78, 5) is 2.20. The van der Waals surface area contributed by atoms with E-state index in [1.807, 2.05) is 31.2 Å². The average Bonchev–Trinajstić information content (AvgIpc) is 2.94. The van der Waals surface area contributed by atoms with Crippen LogP contribution in [0.3, 0.4) is 0 Å². The third-order valence-electron chi connectivity index (χ3n) is 3.53. The smallest absolute Gasteiger partial charge is 0.143 e. The number of ether oxygens (including phenoxy) is 2. The molecule has 1 aliphatic rings. The van der Waals surface area contributed by atoms with Crippen molar-refractivity contribution in [1.29, 1.82) is 0 Å². The fraction of sp³-hybridized carbons (Fsp3) is 0.375. The highest BCUT2D eigenvalue weighted by Crippen LogP contribution is 2.37. The highest BCUT2D eigenvalue weighted by atomic mass is 16.5. The zero-order valence-corrected chi connectivity index (χ0v) is 12.2. The van der Waals surface area contributed by atoms with Gasteiger partial charge in [0.25, 0.3) is 0 Å². The van der Waals surface area contributed by atoms with Crippen molar-refractivity contribution in [3.05, 3.63) is 41.9 Å². The molecule has 0 saturated heterocycles. The molecule has 0 aliphatic carbocycles. The first-order chi connectivity index (χ1) is 10.2. The number of nitrogens with zero attached hydrogens (tertiary/aromatic N) is 1. The molecular weight excluding hydrogens is 270 g/mol. The van der Waals surface area contributed by atoms with Crippen molar-refractivity contribution in [3.8, 4) is 11.5 Å². The zero-order valence-electron chi connectivity index (χ0n) is 12.2. The van der Waals surface area contributed by atoms with Crippen molar-refractivity contribution in [1.82, 2.24) is 0 Å². The Morgan fingerprint density at radius 1 is 1.29 bits per heavy atom. The first-order valence-corrected chi connectivity index (χ1v) is 6.97. The number of aliphatic hydroxyl groups excluding tert-OH is 1. The normalized spacial score (nSPS) is 17.3. The summed E-state index contributed by atoms with van der Waals surface area (Å²) < 4.78 is 16.7. The Kier molecular flexibility index (Phi) is 3.75. The SMILES string of the molecule is COc1ccc2c(c1)N(Cc1ccc(CO)o1)C[C@H](C)O2. The number of fused-ring (bicyclic) bond motifs is 1. The fourth-order valence-corrected chi connectivity index (χ4v) is 2.56. The van der Waals surface area contributed by atoms with Gasteiger partial charge in [0.15, 0.2) is 0 Å². The second kappa shape index (κ2) is 5.69. The Morgan fingerprint density at radius 2 is 2.10 bits per heavy atom. The maximum absolute atomic E-state index is 9.08. The van der Waals surface area contributed by atoms with E-state index in [1.54, 1.807) is 13.2 Å². The highest BCUT2D eigenvalue weighted by Gasteiger charge is 2.24. The number of benzene rings is 1. The molecule has 21 heavy (non-hydrogen) atoms. The molecule has 3 rings (SSSR count). The molecule has 0 spiro atoms. The van der Waals surface area contributed by atoms with Gasteiger partial charge in [-0.2, -0.15) is 0 Å². The van der Waals surface area contributed by atoms with E-state index in [-0.39, 0.29) is 12.7 Å². The molecule has 1 aliphatic heterocycles. The molecule has 1 atom stereocenters. The van der Waals surface area contributed by atoms with Crippen LogP contribution in [0.15, 0.2) is 34.7 Å². The fourth-order valence-electron chi connectivity index (χ4n) is 2.56. The van der Waals surface area contributed by atoms with Crippen LogP contribution in [0.1, 0.15) is 18.4 Å². The molecule has 0 saturated carbocycles. The van der Waals surface area contributed by atoms with Crippen molar-refractivity contribution < 1.29 is 19.0 Å². The van der Waals surface area contributed by atoms with E-state index >= 15 is 0 Å². The van der Waals surface area contributed by atoms with Crippen molar-refractivity contribution in [2.45, 2.75) is 26.2 Å². The lowest BCUT2D eigenvalue weighted by molar-refractivity contribution is 0.209. The molecule has 1 aromatic heterocycles. The Hall–Kier alpha value is -2.14. The van der Waals surface area contributed by atoms with Gasteiger partial charge in [0, 0.05) is 6.07 Å². The van der Waals surface area contributed by atoms with Crippen LogP contribution >= 0.6 is 0 Å². The van der Waals surface area contributed by atoms with Crippen molar-refractivity contribution in [3.63, 3.8) is 0 Å². The first kappa shape index (κ1) is 13.8. The maximum Gasteiger partial charge on any atom is 0.143 e. The molecule has 0 amide bonds. The molecule has 0 fully saturated rings. The van der Waals surface area contributed by atoms with Crippen LogP contribution in [-0.4, -0.2) is 24.9 Å². The number of rotatable bonds is 4. The minimum absolute atomic E-state index is 0.0794. The topological polar surface area (TPSA) is 55.1 Å². The average molecular weight is 289 g/mol. The molecule has 0 radical (unpaired) electrons. The lowest BCUT2D eigenvalue weighted by atomic mass is 10.2. The van der Waals surface area contributed by atoms with Gasteiger partial charge in [0.05, 0.1) is 25.9 Å². The largest absolute Gasteiger partial charge is 0.497 e. The number of methoxy groups -OCH3 is 1. The summed E-state index contributed by atoms with van der Waals surface area (Å²) in [6.45, 7) is 3.37. The molecule has 0 bridgehead atoms. The predicted molar refractivity (Wildman–Crippen MR) is 78.8 cm³/mol. The van der Waals surface area contributed by atoms with E-state index < -0.39 is 0 Å². The molecule has 0 unspecified atom stereocenters. The third kappa shape index (κ3) is 2.83. The van der Waals surface area contributed by atoms with E-state index in [1.165, 1.54) is 0 Å². The van der Waals surface area contributed by atoms with Gasteiger partial charge in [-0.25, -0.2) is 0 Å². The monoisotopic (exact) mass is 289 g/mol. The van der Waals surface area contributed by atoms with Gasteiger partial charge in [-0.15, -0.1) is 0 Å². The maximum atomic E-state index is 9.08. The van der Waals surface area contributed by atoms with Crippen LogP contribution in [0.5, 0.6) is 11.5 Å². The van der Waals surface area contributed by atoms with Crippen LogP contribution in [-0.2, 0) is 13.2 Å².